The number of para-hydroxylation sites is 1. The average Bonchev–Trinajstić information content (AvgIpc) is 3.30. The van der Waals surface area contributed by atoms with Crippen LogP contribution < -0.4 is 10.1 Å². The molecule has 1 aliphatic rings. The third kappa shape index (κ3) is 5.70. The summed E-state index contributed by atoms with van der Waals surface area (Å²) in [4.78, 5) is 12.8. The van der Waals surface area contributed by atoms with Crippen molar-refractivity contribution in [2.75, 3.05) is 6.54 Å². The third-order valence-corrected chi connectivity index (χ3v) is 7.52. The number of alkyl halides is 3. The normalized spacial score (nSPS) is 16.8. The summed E-state index contributed by atoms with van der Waals surface area (Å²) in [6, 6.07) is 20.5. The molecule has 1 N–H and O–H groups in total. The number of carbonyl (C=O) groups is 1. The molecule has 0 aliphatic carbocycles. The van der Waals surface area contributed by atoms with Gasteiger partial charge >= 0.3 is 6.18 Å². The largest absolute Gasteiger partial charge is 0.489 e. The molecule has 0 radical (unpaired) electrons. The fourth-order valence-electron chi connectivity index (χ4n) is 3.99. The first-order valence-corrected chi connectivity index (χ1v) is 12.7. The third-order valence-electron chi connectivity index (χ3n) is 6.11. The molecular weight excluding hydrogens is 505 g/mol. The van der Waals surface area contributed by atoms with Gasteiger partial charge in [0.05, 0.1) is 5.56 Å². The molecule has 4 aromatic rings. The minimum atomic E-state index is -4.38. The van der Waals surface area contributed by atoms with Crippen LogP contribution in [-0.2, 0) is 35.1 Å². The topological polar surface area (TPSA) is 71.8 Å². The van der Waals surface area contributed by atoms with E-state index in [4.69, 9.17) is 9.15 Å². The van der Waals surface area contributed by atoms with E-state index in [9.17, 15) is 22.2 Å². The highest BCUT2D eigenvalue weighted by molar-refractivity contribution is 7.82. The molecule has 2 heterocycles. The van der Waals surface area contributed by atoms with Gasteiger partial charge in [-0.2, -0.15) is 13.2 Å². The van der Waals surface area contributed by atoms with Gasteiger partial charge in [0.1, 0.15) is 24.0 Å². The predicted molar refractivity (Wildman–Crippen MR) is 132 cm³/mol. The monoisotopic (exact) mass is 528 g/mol. The molecule has 37 heavy (non-hydrogen) atoms. The Bertz CT molecular complexity index is 1400. The number of benzene rings is 3. The lowest BCUT2D eigenvalue weighted by molar-refractivity contribution is -0.137. The van der Waals surface area contributed by atoms with Crippen molar-refractivity contribution in [3.8, 4) is 5.75 Å². The zero-order chi connectivity index (χ0) is 26.0. The van der Waals surface area contributed by atoms with Gasteiger partial charge in [0, 0.05) is 24.5 Å². The highest BCUT2D eigenvalue weighted by atomic mass is 32.2. The summed E-state index contributed by atoms with van der Waals surface area (Å²) in [5.41, 5.74) is 1.34. The molecule has 6 nitrogen and oxygen atoms in total. The standard InChI is InChI=1S/C27H23F3N2O4S/c28-27(29,30)21-10-8-18(9-11-21)17-35-22-6-3-4-19(14-22)16-31-26(33)23-12-13-32(23)37(34)25-15-20-5-1-2-7-24(20)36-25/h1-11,14-15,23H,12-13,16-17H2,(H,31,33)/t23?,37-/m0/s1. The summed E-state index contributed by atoms with van der Waals surface area (Å²) in [6.45, 7) is 0.880. The predicted octanol–water partition coefficient (Wildman–Crippen LogP) is 5.44. The molecule has 3 aromatic carbocycles. The van der Waals surface area contributed by atoms with Crippen LogP contribution in [-0.4, -0.2) is 27.0 Å². The Hall–Kier alpha value is -3.63. The van der Waals surface area contributed by atoms with Gasteiger partial charge in [0.15, 0.2) is 11.0 Å². The van der Waals surface area contributed by atoms with E-state index >= 15 is 0 Å². The van der Waals surface area contributed by atoms with Crippen molar-refractivity contribution in [3.63, 3.8) is 0 Å². The lowest BCUT2D eigenvalue weighted by Gasteiger charge is -2.37. The maximum Gasteiger partial charge on any atom is 0.416 e. The number of nitrogens with one attached hydrogen (secondary N) is 1. The Labute approximate surface area is 213 Å². The second-order valence-corrected chi connectivity index (χ2v) is 10.0. The van der Waals surface area contributed by atoms with Gasteiger partial charge in [-0.15, -0.1) is 0 Å². The van der Waals surface area contributed by atoms with Crippen molar-refractivity contribution in [3.05, 3.63) is 95.6 Å². The van der Waals surface area contributed by atoms with Crippen LogP contribution in [0.3, 0.4) is 0 Å². The molecule has 0 spiro atoms. The van der Waals surface area contributed by atoms with E-state index in [1.807, 2.05) is 24.3 Å². The molecule has 0 bridgehead atoms. The van der Waals surface area contributed by atoms with Gasteiger partial charge < -0.3 is 14.5 Å². The highest BCUT2D eigenvalue weighted by Gasteiger charge is 2.39. The molecule has 1 saturated heterocycles. The number of amides is 1. The van der Waals surface area contributed by atoms with E-state index in [2.05, 4.69) is 5.32 Å². The fourth-order valence-corrected chi connectivity index (χ4v) is 5.32. The van der Waals surface area contributed by atoms with Gasteiger partial charge in [0.2, 0.25) is 11.0 Å². The summed E-state index contributed by atoms with van der Waals surface area (Å²) in [5.74, 6) is 0.301. The number of nitrogens with zero attached hydrogens (tertiary/aromatic N) is 1. The Morgan fingerprint density at radius 2 is 1.81 bits per heavy atom. The quantitative estimate of drug-likeness (QED) is 0.331. The molecule has 0 saturated carbocycles. The van der Waals surface area contributed by atoms with E-state index in [1.54, 1.807) is 34.6 Å². The van der Waals surface area contributed by atoms with Gasteiger partial charge in [-0.1, -0.05) is 42.5 Å². The van der Waals surface area contributed by atoms with Crippen LogP contribution in [0, 0.1) is 0 Å². The van der Waals surface area contributed by atoms with Crippen LogP contribution in [0.1, 0.15) is 23.1 Å². The van der Waals surface area contributed by atoms with Crippen LogP contribution in [0.15, 0.2) is 88.4 Å². The van der Waals surface area contributed by atoms with Crippen molar-refractivity contribution >= 4 is 27.9 Å². The van der Waals surface area contributed by atoms with Crippen LogP contribution in [0.25, 0.3) is 11.0 Å². The number of hydrogen-bond acceptors (Lipinski definition) is 4. The van der Waals surface area contributed by atoms with Crippen molar-refractivity contribution in [2.45, 2.75) is 36.9 Å². The molecule has 1 unspecified atom stereocenters. The minimum absolute atomic E-state index is 0.110. The Kier molecular flexibility index (Phi) is 7.03. The highest BCUT2D eigenvalue weighted by Crippen LogP contribution is 2.30. The summed E-state index contributed by atoms with van der Waals surface area (Å²) < 4.78 is 64.1. The number of furan rings is 1. The van der Waals surface area contributed by atoms with E-state index in [0.717, 1.165) is 23.1 Å². The molecule has 1 amide bonds. The average molecular weight is 529 g/mol. The van der Waals surface area contributed by atoms with Gasteiger partial charge in [-0.25, -0.2) is 8.51 Å². The maximum atomic E-state index is 13.0. The first-order chi connectivity index (χ1) is 17.8. The Morgan fingerprint density at radius 3 is 2.51 bits per heavy atom. The van der Waals surface area contributed by atoms with Gasteiger partial charge in [-0.05, 0) is 47.9 Å². The Morgan fingerprint density at radius 1 is 1.03 bits per heavy atom. The molecule has 1 fully saturated rings. The van der Waals surface area contributed by atoms with Crippen LogP contribution in [0.4, 0.5) is 13.2 Å². The molecule has 10 heteroatoms. The number of carbonyl (C=O) groups excluding carboxylic acids is 1. The van der Waals surface area contributed by atoms with Gasteiger partial charge in [-0.3, -0.25) is 4.79 Å². The number of hydrogen-bond donors (Lipinski definition) is 1. The molecule has 2 atom stereocenters. The van der Waals surface area contributed by atoms with Crippen LogP contribution in [0.2, 0.25) is 0 Å². The molecular formula is C27H23F3N2O4S. The summed E-state index contributed by atoms with van der Waals surface area (Å²) in [5, 5.41) is 4.05. The molecule has 192 valence electrons. The number of ether oxygens (including phenoxy) is 1. The SMILES string of the molecule is O=C(NCc1cccc(OCc2ccc(C(F)(F)F)cc2)c1)C1CCN1[S@@](=O)c1cc2ccccc2o1. The number of fused-ring (bicyclic) bond motifs is 1. The first kappa shape index (κ1) is 25.0. The van der Waals surface area contributed by atoms with E-state index < -0.39 is 28.8 Å². The zero-order valence-electron chi connectivity index (χ0n) is 19.5. The summed E-state index contributed by atoms with van der Waals surface area (Å²) in [6.07, 6.45) is -3.79. The lowest BCUT2D eigenvalue weighted by Crippen LogP contribution is -2.56. The first-order valence-electron chi connectivity index (χ1n) is 11.6. The van der Waals surface area contributed by atoms with Crippen molar-refractivity contribution in [1.29, 1.82) is 0 Å². The van der Waals surface area contributed by atoms with Crippen LogP contribution >= 0.6 is 0 Å². The number of halogens is 3. The lowest BCUT2D eigenvalue weighted by atomic mass is 10.1. The van der Waals surface area contributed by atoms with E-state index in [1.165, 1.54) is 12.1 Å². The Balaban J connectivity index is 1.14. The smallest absolute Gasteiger partial charge is 0.416 e. The van der Waals surface area contributed by atoms with E-state index in [0.29, 0.717) is 35.0 Å². The molecule has 5 rings (SSSR count). The van der Waals surface area contributed by atoms with Crippen LogP contribution in [0.5, 0.6) is 5.75 Å². The maximum absolute atomic E-state index is 13.0. The van der Waals surface area contributed by atoms with Crippen molar-refractivity contribution in [1.82, 2.24) is 9.62 Å². The fraction of sp³-hybridized carbons (Fsp3) is 0.222. The minimum Gasteiger partial charge on any atom is -0.489 e. The second kappa shape index (κ2) is 10.4. The second-order valence-electron chi connectivity index (χ2n) is 8.65. The van der Waals surface area contributed by atoms with Gasteiger partial charge in [0.25, 0.3) is 0 Å². The summed E-state index contributed by atoms with van der Waals surface area (Å²) in [7, 11) is -1.58. The molecule has 1 aromatic heterocycles. The zero-order valence-corrected chi connectivity index (χ0v) is 20.4. The molecule has 1 aliphatic heterocycles. The van der Waals surface area contributed by atoms with Crippen molar-refractivity contribution < 1.29 is 31.3 Å². The summed E-state index contributed by atoms with van der Waals surface area (Å²) >= 11 is 0. The van der Waals surface area contributed by atoms with E-state index in [-0.39, 0.29) is 19.1 Å². The number of rotatable bonds is 8. The van der Waals surface area contributed by atoms with Crippen molar-refractivity contribution in [2.24, 2.45) is 0 Å².